The Morgan fingerprint density at radius 2 is 1.65 bits per heavy atom. The lowest BCUT2D eigenvalue weighted by Gasteiger charge is -2.47. The van der Waals surface area contributed by atoms with Gasteiger partial charge in [-0.25, -0.2) is 9.59 Å². The summed E-state index contributed by atoms with van der Waals surface area (Å²) >= 11 is 0. The van der Waals surface area contributed by atoms with E-state index in [2.05, 4.69) is 4.18 Å². The van der Waals surface area contributed by atoms with Crippen LogP contribution in [0.25, 0.3) is 10.8 Å². The minimum atomic E-state index is -5.75. The van der Waals surface area contributed by atoms with Crippen LogP contribution in [-0.2, 0) is 35.0 Å². The van der Waals surface area contributed by atoms with Gasteiger partial charge in [-0.3, -0.25) is 19.1 Å². The number of fused-ring (bicyclic) bond motifs is 2. The molecule has 2 aliphatic rings. The molecule has 3 atom stereocenters. The van der Waals surface area contributed by atoms with Crippen LogP contribution in [0, 0.1) is 27.9 Å². The van der Waals surface area contributed by atoms with Gasteiger partial charge in [0.15, 0.2) is 0 Å². The molecular formula is C32H29F3N2O10S. The van der Waals surface area contributed by atoms with Gasteiger partial charge in [0, 0.05) is 29.0 Å². The van der Waals surface area contributed by atoms with Crippen molar-refractivity contribution in [2.24, 2.45) is 17.8 Å². The number of nitrogens with zero attached hydrogens (tertiary/aromatic N) is 2. The third-order valence-corrected chi connectivity index (χ3v) is 9.50. The maximum absolute atomic E-state index is 13.5. The highest BCUT2D eigenvalue weighted by Gasteiger charge is 2.59. The number of non-ortho nitro benzene ring substituents is 1. The van der Waals surface area contributed by atoms with Crippen molar-refractivity contribution in [2.45, 2.75) is 38.7 Å². The summed E-state index contributed by atoms with van der Waals surface area (Å²) in [4.78, 5) is 51.1. The molecule has 1 fully saturated rings. The molecule has 12 nitrogen and oxygen atoms in total. The average molecular weight is 691 g/mol. The number of amides is 1. The minimum absolute atomic E-state index is 0.0490. The summed E-state index contributed by atoms with van der Waals surface area (Å²) in [7, 11) is -5.75. The van der Waals surface area contributed by atoms with Gasteiger partial charge in [-0.2, -0.15) is 21.6 Å². The molecule has 1 amide bonds. The molecule has 254 valence electrons. The van der Waals surface area contributed by atoms with E-state index < -0.39 is 45.0 Å². The summed E-state index contributed by atoms with van der Waals surface area (Å²) < 4.78 is 76.1. The van der Waals surface area contributed by atoms with Crippen molar-refractivity contribution in [2.75, 3.05) is 13.2 Å². The molecule has 0 unspecified atom stereocenters. The molecule has 2 heterocycles. The highest BCUT2D eigenvalue weighted by molar-refractivity contribution is 7.87. The van der Waals surface area contributed by atoms with Gasteiger partial charge in [0.05, 0.1) is 29.1 Å². The van der Waals surface area contributed by atoms with Gasteiger partial charge in [-0.1, -0.05) is 51.1 Å². The van der Waals surface area contributed by atoms with Crippen molar-refractivity contribution in [3.8, 4) is 5.75 Å². The molecule has 0 saturated carbocycles. The number of carbonyl (C=O) groups is 3. The zero-order valence-electron chi connectivity index (χ0n) is 25.7. The second-order valence-corrected chi connectivity index (χ2v) is 13.2. The topological polar surface area (TPSA) is 159 Å². The fraction of sp³-hybridized carbons (Fsp3) is 0.344. The molecule has 3 aromatic carbocycles. The quantitative estimate of drug-likeness (QED) is 0.0491. The first kappa shape index (κ1) is 34.5. The zero-order valence-corrected chi connectivity index (χ0v) is 26.5. The summed E-state index contributed by atoms with van der Waals surface area (Å²) in [6.07, 6.45) is -0.160. The van der Waals surface area contributed by atoms with E-state index in [9.17, 15) is 46.1 Å². The molecule has 3 aromatic rings. The number of nitro groups is 1. The van der Waals surface area contributed by atoms with E-state index in [0.29, 0.717) is 27.7 Å². The Hall–Kier alpha value is -4.83. The number of β-lactam (4-membered cyclic amide) rings is 1. The normalized spacial score (nSPS) is 19.4. The predicted molar refractivity (Wildman–Crippen MR) is 163 cm³/mol. The number of hydrogen-bond acceptors (Lipinski definition) is 10. The first-order valence-corrected chi connectivity index (χ1v) is 16.1. The fourth-order valence-corrected chi connectivity index (χ4v) is 6.53. The van der Waals surface area contributed by atoms with Gasteiger partial charge in [-0.05, 0) is 41.5 Å². The van der Waals surface area contributed by atoms with Gasteiger partial charge >= 0.3 is 27.6 Å². The number of ether oxygens (including phenoxy) is 2. The number of alkyl halides is 3. The molecule has 1 saturated heterocycles. The van der Waals surface area contributed by atoms with Crippen LogP contribution >= 0.6 is 0 Å². The van der Waals surface area contributed by atoms with Crippen molar-refractivity contribution in [1.29, 1.82) is 0 Å². The lowest BCUT2D eigenvalue weighted by molar-refractivity contribution is -0.384. The zero-order chi connectivity index (χ0) is 35.1. The van der Waals surface area contributed by atoms with Crippen molar-refractivity contribution >= 4 is 44.4 Å². The highest BCUT2D eigenvalue weighted by Crippen LogP contribution is 2.49. The summed E-state index contributed by atoms with van der Waals surface area (Å²) in [6, 6.07) is 13.9. The Bertz CT molecular complexity index is 1940. The molecule has 16 heteroatoms. The number of carbonyl (C=O) groups excluding carboxylic acids is 3. The van der Waals surface area contributed by atoms with E-state index >= 15 is 0 Å². The number of hydrogen-bond donors (Lipinski definition) is 0. The Labute approximate surface area is 272 Å². The molecule has 48 heavy (non-hydrogen) atoms. The Morgan fingerprint density at radius 1 is 1.00 bits per heavy atom. The van der Waals surface area contributed by atoms with Crippen LogP contribution in [0.1, 0.15) is 36.7 Å². The largest absolute Gasteiger partial charge is 0.523 e. The van der Waals surface area contributed by atoms with Gasteiger partial charge in [-0.15, -0.1) is 0 Å². The van der Waals surface area contributed by atoms with Crippen molar-refractivity contribution in [3.63, 3.8) is 0 Å². The first-order valence-electron chi connectivity index (χ1n) is 14.7. The van der Waals surface area contributed by atoms with E-state index in [1.807, 2.05) is 20.8 Å². The molecule has 0 bridgehead atoms. The van der Waals surface area contributed by atoms with E-state index in [1.54, 1.807) is 36.4 Å². The van der Waals surface area contributed by atoms with Gasteiger partial charge < -0.3 is 14.4 Å². The number of nitro benzene ring substituents is 1. The molecular weight excluding hydrogens is 661 g/mol. The van der Waals surface area contributed by atoms with Crippen LogP contribution in [-0.4, -0.2) is 60.9 Å². The molecule has 0 radical (unpaired) electrons. The number of rotatable bonds is 11. The maximum Gasteiger partial charge on any atom is 0.523 e. The molecule has 0 aliphatic carbocycles. The minimum Gasteiger partial charge on any atom is -0.488 e. The summed E-state index contributed by atoms with van der Waals surface area (Å²) in [6.45, 7) is 4.65. The third-order valence-electron chi connectivity index (χ3n) is 8.46. The first-order chi connectivity index (χ1) is 22.5. The van der Waals surface area contributed by atoms with Crippen LogP contribution in [0.4, 0.5) is 18.9 Å². The van der Waals surface area contributed by atoms with Crippen LogP contribution in [0.15, 0.2) is 71.9 Å². The van der Waals surface area contributed by atoms with Crippen molar-refractivity contribution in [3.05, 3.63) is 93.2 Å². The van der Waals surface area contributed by atoms with Crippen LogP contribution in [0.5, 0.6) is 5.75 Å². The maximum atomic E-state index is 13.5. The van der Waals surface area contributed by atoms with Gasteiger partial charge in [0.2, 0.25) is 5.91 Å². The van der Waals surface area contributed by atoms with Crippen LogP contribution in [0.2, 0.25) is 0 Å². The Kier molecular flexibility index (Phi) is 9.34. The highest BCUT2D eigenvalue weighted by atomic mass is 32.2. The van der Waals surface area contributed by atoms with Crippen LogP contribution < -0.4 is 4.74 Å². The summed E-state index contributed by atoms with van der Waals surface area (Å²) in [5.74, 6) is -2.95. The lowest BCUT2D eigenvalue weighted by atomic mass is 9.74. The number of halogens is 3. The van der Waals surface area contributed by atoms with E-state index in [4.69, 9.17) is 9.47 Å². The van der Waals surface area contributed by atoms with E-state index in [0.717, 1.165) is 24.3 Å². The van der Waals surface area contributed by atoms with Crippen molar-refractivity contribution in [1.82, 2.24) is 4.90 Å². The summed E-state index contributed by atoms with van der Waals surface area (Å²) in [5, 5.41) is 12.1. The Balaban J connectivity index is 1.40. The van der Waals surface area contributed by atoms with Gasteiger partial charge in [0.1, 0.15) is 18.1 Å². The van der Waals surface area contributed by atoms with Crippen molar-refractivity contribution < 1.29 is 54.6 Å². The lowest BCUT2D eigenvalue weighted by Crippen LogP contribution is -2.62. The molecule has 0 aromatic heterocycles. The SMILES string of the molecule is CC(C)[C@H]1C(=O)N2C(C(=O)OC(=O)c3ccc([N+](=O)[O-])cc3)=C(COc3cccc4c(CCOS(=O)(=O)C(F)(F)F)cccc34)[C@H](C)[C@H]12. The standard InChI is InChI=1S/C32H29F3N2O10S/c1-17(2)26-27-18(3)24(28(36(27)29(26)38)31(40)47-30(39)20-10-12-21(13-11-20)37(41)42)16-45-25-9-5-7-22-19(6-4-8-23(22)25)14-15-46-48(43,44)32(33,34)35/h4-13,17-18,26-27H,14-16H2,1-3H3/t18-,26+,27+/m0/s1. The predicted octanol–water partition coefficient (Wildman–Crippen LogP) is 5.31. The second kappa shape index (κ2) is 13.0. The fourth-order valence-electron chi connectivity index (χ4n) is 6.10. The van der Waals surface area contributed by atoms with Crippen LogP contribution in [0.3, 0.4) is 0 Å². The Morgan fingerprint density at radius 3 is 2.27 bits per heavy atom. The summed E-state index contributed by atoms with van der Waals surface area (Å²) in [5.41, 5.74) is -5.16. The molecule has 2 aliphatic heterocycles. The third kappa shape index (κ3) is 6.36. The number of benzene rings is 3. The van der Waals surface area contributed by atoms with E-state index in [-0.39, 0.29) is 53.8 Å². The number of esters is 2. The smallest absolute Gasteiger partial charge is 0.488 e. The molecule has 0 N–H and O–H groups in total. The second-order valence-electron chi connectivity index (χ2n) is 11.6. The van der Waals surface area contributed by atoms with Gasteiger partial charge in [0.25, 0.3) is 5.69 Å². The monoisotopic (exact) mass is 690 g/mol. The average Bonchev–Trinajstić information content (AvgIpc) is 3.26. The van der Waals surface area contributed by atoms with E-state index in [1.165, 1.54) is 4.90 Å². The molecule has 5 rings (SSSR count). The molecule has 0 spiro atoms.